The van der Waals surface area contributed by atoms with E-state index in [0.29, 0.717) is 37.2 Å². The summed E-state index contributed by atoms with van der Waals surface area (Å²) in [4.78, 5) is 0. The minimum atomic E-state index is -4.64. The van der Waals surface area contributed by atoms with Crippen LogP contribution in [0.2, 0.25) is 0 Å². The Bertz CT molecular complexity index is 1430. The number of ether oxygens (including phenoxy) is 1. The first kappa shape index (κ1) is 33.3. The average Bonchev–Trinajstić information content (AvgIpc) is 2.99. The Morgan fingerprint density at radius 1 is 0.622 bits per heavy atom. The summed E-state index contributed by atoms with van der Waals surface area (Å²) in [5.41, 5.74) is 0.127. The predicted octanol–water partition coefficient (Wildman–Crippen LogP) is 11.9. The van der Waals surface area contributed by atoms with E-state index < -0.39 is 46.5 Å². The van der Waals surface area contributed by atoms with Crippen LogP contribution in [0.3, 0.4) is 0 Å². The van der Waals surface area contributed by atoms with Gasteiger partial charge in [-0.25, -0.2) is 26.3 Å². The van der Waals surface area contributed by atoms with Crippen molar-refractivity contribution in [2.24, 2.45) is 5.92 Å². The molecule has 3 aromatic carbocycles. The van der Waals surface area contributed by atoms with Crippen molar-refractivity contribution in [3.63, 3.8) is 0 Å². The van der Waals surface area contributed by atoms with Gasteiger partial charge in [0.05, 0.1) is 0 Å². The molecule has 0 saturated heterocycles. The van der Waals surface area contributed by atoms with Crippen molar-refractivity contribution in [1.82, 2.24) is 0 Å². The van der Waals surface area contributed by atoms with E-state index in [9.17, 15) is 30.7 Å². The lowest BCUT2D eigenvalue weighted by atomic mass is 9.74. The zero-order valence-corrected chi connectivity index (χ0v) is 25.3. The van der Waals surface area contributed by atoms with Crippen LogP contribution in [-0.4, -0.2) is 0 Å². The average molecular weight is 639 g/mol. The maximum absolute atomic E-state index is 15.3. The van der Waals surface area contributed by atoms with Gasteiger partial charge in [-0.1, -0.05) is 44.7 Å². The molecule has 2 aliphatic carbocycles. The maximum Gasteiger partial charge on any atom is 0.432 e. The van der Waals surface area contributed by atoms with Crippen molar-refractivity contribution in [3.05, 3.63) is 99.6 Å². The second-order valence-electron chi connectivity index (χ2n) is 12.7. The smallest absolute Gasteiger partial charge is 0.429 e. The van der Waals surface area contributed by atoms with E-state index in [1.807, 2.05) is 12.1 Å². The van der Waals surface area contributed by atoms with Gasteiger partial charge < -0.3 is 4.74 Å². The van der Waals surface area contributed by atoms with E-state index in [2.05, 4.69) is 11.7 Å². The van der Waals surface area contributed by atoms with Crippen molar-refractivity contribution in [1.29, 1.82) is 0 Å². The minimum absolute atomic E-state index is 0.0622. The van der Waals surface area contributed by atoms with Crippen LogP contribution in [0.1, 0.15) is 124 Å². The first-order valence-electron chi connectivity index (χ1n) is 16.0. The van der Waals surface area contributed by atoms with Crippen LogP contribution in [0, 0.1) is 40.8 Å². The number of hydrogen-bond acceptors (Lipinski definition) is 1. The number of hydrogen-bond donors (Lipinski definition) is 0. The monoisotopic (exact) mass is 638 g/mol. The molecule has 2 aliphatic rings. The molecule has 244 valence electrons. The molecule has 0 N–H and O–H groups in total. The first-order chi connectivity index (χ1) is 21.5. The summed E-state index contributed by atoms with van der Waals surface area (Å²) in [6, 6.07) is 7.51. The van der Waals surface area contributed by atoms with Crippen LogP contribution in [0.15, 0.2) is 42.5 Å². The molecule has 0 atom stereocenters. The Morgan fingerprint density at radius 2 is 1.16 bits per heavy atom. The lowest BCUT2D eigenvalue weighted by molar-refractivity contribution is -0.189. The SMILES string of the molecule is CCCCCC1CCC(c2ccc(C3CCC(c4cc(F)c(C(F)(F)Oc5cc(F)c(F)c(F)c5)c(F)c4)CC3)c(F)c2)CC1. The third-order valence-corrected chi connectivity index (χ3v) is 9.76. The molecule has 0 spiro atoms. The second-order valence-corrected chi connectivity index (χ2v) is 12.7. The molecule has 5 rings (SSSR count). The van der Waals surface area contributed by atoms with Gasteiger partial charge >= 0.3 is 6.11 Å². The highest BCUT2D eigenvalue weighted by atomic mass is 19.3. The molecule has 3 aromatic rings. The van der Waals surface area contributed by atoms with Crippen molar-refractivity contribution in [2.45, 2.75) is 108 Å². The van der Waals surface area contributed by atoms with Crippen LogP contribution in [0.25, 0.3) is 0 Å². The number of rotatable bonds is 10. The molecule has 0 bridgehead atoms. The second kappa shape index (κ2) is 14.1. The van der Waals surface area contributed by atoms with Crippen LogP contribution in [0.4, 0.5) is 35.1 Å². The summed E-state index contributed by atoms with van der Waals surface area (Å²) in [5.74, 6) is -9.27. The van der Waals surface area contributed by atoms with Crippen LogP contribution in [-0.2, 0) is 6.11 Å². The fraction of sp³-hybridized carbons (Fsp3) is 0.500. The Kier molecular flexibility index (Phi) is 10.4. The molecule has 0 unspecified atom stereocenters. The highest BCUT2D eigenvalue weighted by molar-refractivity contribution is 5.34. The number of unbranched alkanes of at least 4 members (excludes halogenated alkanes) is 2. The Morgan fingerprint density at radius 3 is 1.73 bits per heavy atom. The zero-order valence-electron chi connectivity index (χ0n) is 25.3. The van der Waals surface area contributed by atoms with Gasteiger partial charge in [-0.3, -0.25) is 0 Å². The Labute approximate surface area is 259 Å². The highest BCUT2D eigenvalue weighted by Crippen LogP contribution is 2.44. The van der Waals surface area contributed by atoms with Gasteiger partial charge in [0.2, 0.25) is 0 Å². The van der Waals surface area contributed by atoms with Gasteiger partial charge in [0.1, 0.15) is 28.8 Å². The van der Waals surface area contributed by atoms with Crippen molar-refractivity contribution >= 4 is 0 Å². The molecule has 0 aromatic heterocycles. The summed E-state index contributed by atoms with van der Waals surface area (Å²) < 4.78 is 119. The molecule has 0 heterocycles. The molecule has 9 heteroatoms. The van der Waals surface area contributed by atoms with Crippen molar-refractivity contribution in [2.75, 3.05) is 0 Å². The van der Waals surface area contributed by atoms with E-state index in [0.717, 1.165) is 36.5 Å². The van der Waals surface area contributed by atoms with Gasteiger partial charge in [0.25, 0.3) is 0 Å². The Hall–Kier alpha value is -3.10. The fourth-order valence-electron chi connectivity index (χ4n) is 7.23. The van der Waals surface area contributed by atoms with Gasteiger partial charge in [-0.2, -0.15) is 8.78 Å². The maximum atomic E-state index is 15.3. The van der Waals surface area contributed by atoms with Gasteiger partial charge in [-0.15, -0.1) is 0 Å². The molecule has 0 aliphatic heterocycles. The van der Waals surface area contributed by atoms with Gasteiger partial charge in [-0.05, 0) is 110 Å². The largest absolute Gasteiger partial charge is 0.432 e. The molecule has 0 radical (unpaired) electrons. The first-order valence-corrected chi connectivity index (χ1v) is 16.0. The van der Waals surface area contributed by atoms with Crippen LogP contribution in [0.5, 0.6) is 5.75 Å². The van der Waals surface area contributed by atoms with Crippen LogP contribution < -0.4 is 4.74 Å². The van der Waals surface area contributed by atoms with Gasteiger partial charge in [0.15, 0.2) is 17.5 Å². The molecule has 1 nitrogen and oxygen atoms in total. The highest BCUT2D eigenvalue weighted by Gasteiger charge is 2.42. The van der Waals surface area contributed by atoms with E-state index in [1.165, 1.54) is 38.5 Å². The lowest BCUT2D eigenvalue weighted by Crippen LogP contribution is -2.26. The molecule has 0 amide bonds. The number of alkyl halides is 2. The lowest BCUT2D eigenvalue weighted by Gasteiger charge is -2.31. The van der Waals surface area contributed by atoms with Gasteiger partial charge in [0, 0.05) is 12.1 Å². The molecule has 2 fully saturated rings. The predicted molar refractivity (Wildman–Crippen MR) is 156 cm³/mol. The molecular weight excluding hydrogens is 600 g/mol. The molecule has 2 saturated carbocycles. The Balaban J connectivity index is 1.20. The summed E-state index contributed by atoms with van der Waals surface area (Å²) in [5, 5.41) is 0. The van der Waals surface area contributed by atoms with E-state index in [4.69, 9.17) is 0 Å². The summed E-state index contributed by atoms with van der Waals surface area (Å²) in [7, 11) is 0. The van der Waals surface area contributed by atoms with Crippen molar-refractivity contribution in [3.8, 4) is 5.75 Å². The third kappa shape index (κ3) is 7.66. The minimum Gasteiger partial charge on any atom is -0.429 e. The summed E-state index contributed by atoms with van der Waals surface area (Å²) >= 11 is 0. The quantitative estimate of drug-likeness (QED) is 0.122. The topological polar surface area (TPSA) is 9.23 Å². The van der Waals surface area contributed by atoms with E-state index >= 15 is 4.39 Å². The number of benzene rings is 3. The summed E-state index contributed by atoms with van der Waals surface area (Å²) in [6.45, 7) is 2.21. The fourth-order valence-corrected chi connectivity index (χ4v) is 7.23. The zero-order chi connectivity index (χ0) is 32.3. The van der Waals surface area contributed by atoms with Crippen LogP contribution >= 0.6 is 0 Å². The van der Waals surface area contributed by atoms with E-state index in [-0.39, 0.29) is 35.3 Å². The van der Waals surface area contributed by atoms with E-state index in [1.54, 1.807) is 6.07 Å². The normalized spacial score (nSPS) is 22.4. The standard InChI is InChI=1S/C36H38F8O/c1-2-3-4-5-21-6-8-22(9-7-21)25-14-15-28(29(37)16-25)24-12-10-23(11-13-24)26-17-30(38)34(31(39)18-26)36(43,44)45-27-19-32(40)35(42)33(41)20-27/h14-24H,2-13H2,1H3. The number of halogens is 8. The molecule has 45 heavy (non-hydrogen) atoms. The summed E-state index contributed by atoms with van der Waals surface area (Å²) in [6.07, 6.45) is 7.03. The third-order valence-electron chi connectivity index (χ3n) is 9.76. The van der Waals surface area contributed by atoms with Crippen molar-refractivity contribution < 1.29 is 39.9 Å². The molecular formula is C36H38F8O.